The Morgan fingerprint density at radius 1 is 1.38 bits per heavy atom. The zero-order chi connectivity index (χ0) is 14.9. The molecule has 1 aromatic rings. The minimum atomic E-state index is -1.13. The second-order valence-corrected chi connectivity index (χ2v) is 6.28. The molecule has 4 heteroatoms. The molecule has 0 aromatic heterocycles. The Labute approximate surface area is 125 Å². The van der Waals surface area contributed by atoms with E-state index in [9.17, 15) is 9.50 Å². The predicted molar refractivity (Wildman–Crippen MR) is 77.4 cm³/mol. The van der Waals surface area contributed by atoms with Gasteiger partial charge in [0, 0.05) is 25.2 Å². The highest BCUT2D eigenvalue weighted by atomic mass is 19.1. The van der Waals surface area contributed by atoms with E-state index in [4.69, 9.17) is 9.47 Å². The van der Waals surface area contributed by atoms with Crippen LogP contribution in [0.1, 0.15) is 38.2 Å². The molecule has 3 unspecified atom stereocenters. The largest absolute Gasteiger partial charge is 0.385 e. The smallest absolute Gasteiger partial charge is 0.129 e. The first kappa shape index (κ1) is 14.9. The van der Waals surface area contributed by atoms with Crippen LogP contribution in [0.25, 0.3) is 0 Å². The van der Waals surface area contributed by atoms with E-state index < -0.39 is 5.60 Å². The highest BCUT2D eigenvalue weighted by Crippen LogP contribution is 2.45. The van der Waals surface area contributed by atoms with E-state index in [2.05, 4.69) is 0 Å². The van der Waals surface area contributed by atoms with Gasteiger partial charge in [-0.15, -0.1) is 0 Å². The number of benzene rings is 1. The normalized spacial score (nSPS) is 32.2. The van der Waals surface area contributed by atoms with Crippen molar-refractivity contribution in [3.8, 4) is 0 Å². The second-order valence-electron chi connectivity index (χ2n) is 6.28. The summed E-state index contributed by atoms with van der Waals surface area (Å²) in [7, 11) is 0. The van der Waals surface area contributed by atoms with Gasteiger partial charge >= 0.3 is 0 Å². The molecule has 3 atom stereocenters. The van der Waals surface area contributed by atoms with E-state index in [-0.39, 0.29) is 17.3 Å². The number of rotatable bonds is 3. The SMILES string of the molecule is CCC(O)(c1ccccc1F)C1CCOC2(CCOC2)C1. The van der Waals surface area contributed by atoms with Crippen molar-refractivity contribution < 1.29 is 19.0 Å². The number of hydrogen-bond acceptors (Lipinski definition) is 3. The second kappa shape index (κ2) is 5.67. The predicted octanol–water partition coefficient (Wildman–Crippen LogP) is 3.01. The van der Waals surface area contributed by atoms with E-state index in [1.54, 1.807) is 18.2 Å². The maximum absolute atomic E-state index is 14.2. The summed E-state index contributed by atoms with van der Waals surface area (Å²) in [5.74, 6) is -0.333. The third-order valence-electron chi connectivity index (χ3n) is 5.11. The summed E-state index contributed by atoms with van der Waals surface area (Å²) in [6, 6.07) is 6.56. The molecule has 0 amide bonds. The van der Waals surface area contributed by atoms with Crippen LogP contribution < -0.4 is 0 Å². The molecule has 0 aliphatic carbocycles. The molecule has 3 rings (SSSR count). The monoisotopic (exact) mass is 294 g/mol. The fraction of sp³-hybridized carbons (Fsp3) is 0.647. The van der Waals surface area contributed by atoms with E-state index >= 15 is 0 Å². The summed E-state index contributed by atoms with van der Waals surface area (Å²) in [5, 5.41) is 11.2. The average molecular weight is 294 g/mol. The van der Waals surface area contributed by atoms with Gasteiger partial charge in [-0.05, 0) is 31.2 Å². The maximum atomic E-state index is 14.2. The molecule has 2 aliphatic rings. The fourth-order valence-corrected chi connectivity index (χ4v) is 3.81. The molecule has 3 nitrogen and oxygen atoms in total. The zero-order valence-corrected chi connectivity index (χ0v) is 12.5. The van der Waals surface area contributed by atoms with Gasteiger partial charge < -0.3 is 14.6 Å². The molecule has 116 valence electrons. The number of aliphatic hydroxyl groups is 1. The first-order valence-electron chi connectivity index (χ1n) is 7.79. The van der Waals surface area contributed by atoms with Gasteiger partial charge in [0.2, 0.25) is 0 Å². The minimum absolute atomic E-state index is 0.00477. The van der Waals surface area contributed by atoms with Gasteiger partial charge in [0.05, 0.1) is 17.8 Å². The Morgan fingerprint density at radius 3 is 2.86 bits per heavy atom. The van der Waals surface area contributed by atoms with E-state index in [0.717, 1.165) is 19.3 Å². The van der Waals surface area contributed by atoms with Gasteiger partial charge in [-0.25, -0.2) is 4.39 Å². The Kier molecular flexibility index (Phi) is 4.04. The topological polar surface area (TPSA) is 38.7 Å². The summed E-state index contributed by atoms with van der Waals surface area (Å²) in [5.41, 5.74) is -1.00. The molecule has 2 heterocycles. The molecule has 2 fully saturated rings. The van der Waals surface area contributed by atoms with Crippen LogP contribution in [0.3, 0.4) is 0 Å². The van der Waals surface area contributed by atoms with E-state index in [0.29, 0.717) is 31.8 Å². The van der Waals surface area contributed by atoms with E-state index in [1.165, 1.54) is 6.07 Å². The van der Waals surface area contributed by atoms with Gasteiger partial charge in [0.25, 0.3) is 0 Å². The van der Waals surface area contributed by atoms with Crippen LogP contribution in [0.4, 0.5) is 4.39 Å². The van der Waals surface area contributed by atoms with Crippen LogP contribution >= 0.6 is 0 Å². The Morgan fingerprint density at radius 2 is 2.19 bits per heavy atom. The van der Waals surface area contributed by atoms with E-state index in [1.807, 2.05) is 6.92 Å². The van der Waals surface area contributed by atoms with Gasteiger partial charge in [-0.2, -0.15) is 0 Å². The molecule has 1 aromatic carbocycles. The quantitative estimate of drug-likeness (QED) is 0.931. The Balaban J connectivity index is 1.90. The molecule has 2 saturated heterocycles. The van der Waals surface area contributed by atoms with Crippen LogP contribution in [-0.4, -0.2) is 30.5 Å². The highest BCUT2D eigenvalue weighted by Gasteiger charge is 2.48. The Hall–Kier alpha value is -0.970. The van der Waals surface area contributed by atoms with Crippen molar-refractivity contribution in [1.29, 1.82) is 0 Å². The van der Waals surface area contributed by atoms with Gasteiger partial charge in [0.1, 0.15) is 5.82 Å². The summed E-state index contributed by atoms with van der Waals surface area (Å²) in [6.45, 7) is 3.81. The van der Waals surface area contributed by atoms with Crippen molar-refractivity contribution in [3.63, 3.8) is 0 Å². The lowest BCUT2D eigenvalue weighted by molar-refractivity contribution is -0.147. The summed E-state index contributed by atoms with van der Waals surface area (Å²) in [6.07, 6.45) is 2.84. The molecule has 0 saturated carbocycles. The lowest BCUT2D eigenvalue weighted by Crippen LogP contribution is -2.47. The first-order valence-corrected chi connectivity index (χ1v) is 7.79. The summed E-state index contributed by atoms with van der Waals surface area (Å²) < 4.78 is 25.6. The van der Waals surface area contributed by atoms with Crippen molar-refractivity contribution in [1.82, 2.24) is 0 Å². The molecule has 1 N–H and O–H groups in total. The molecule has 2 aliphatic heterocycles. The van der Waals surface area contributed by atoms with Crippen LogP contribution in [0, 0.1) is 11.7 Å². The molecule has 0 bridgehead atoms. The summed E-state index contributed by atoms with van der Waals surface area (Å²) in [4.78, 5) is 0. The maximum Gasteiger partial charge on any atom is 0.129 e. The molecular formula is C17H23FO3. The number of halogens is 1. The van der Waals surface area contributed by atoms with Crippen molar-refractivity contribution in [2.75, 3.05) is 19.8 Å². The number of hydrogen-bond donors (Lipinski definition) is 1. The molecule has 0 radical (unpaired) electrons. The zero-order valence-electron chi connectivity index (χ0n) is 12.5. The molecule has 1 spiro atoms. The van der Waals surface area contributed by atoms with Crippen molar-refractivity contribution >= 4 is 0 Å². The van der Waals surface area contributed by atoms with Crippen molar-refractivity contribution in [3.05, 3.63) is 35.6 Å². The fourth-order valence-electron chi connectivity index (χ4n) is 3.81. The average Bonchev–Trinajstić information content (AvgIpc) is 2.95. The van der Waals surface area contributed by atoms with Crippen LogP contribution in [0.15, 0.2) is 24.3 Å². The highest BCUT2D eigenvalue weighted by molar-refractivity contribution is 5.25. The summed E-state index contributed by atoms with van der Waals surface area (Å²) >= 11 is 0. The molecular weight excluding hydrogens is 271 g/mol. The van der Waals surface area contributed by atoms with Crippen molar-refractivity contribution in [2.45, 2.75) is 43.8 Å². The van der Waals surface area contributed by atoms with Crippen LogP contribution in [-0.2, 0) is 15.1 Å². The third kappa shape index (κ3) is 2.60. The van der Waals surface area contributed by atoms with Gasteiger partial charge in [-0.1, -0.05) is 25.1 Å². The Bertz CT molecular complexity index is 499. The molecule has 21 heavy (non-hydrogen) atoms. The standard InChI is InChI=1S/C17H23FO3/c1-2-17(19,14-5-3-4-6-15(14)18)13-7-9-21-16(11-13)8-10-20-12-16/h3-6,13,19H,2,7-12H2,1H3. The number of ether oxygens (including phenoxy) is 2. The lowest BCUT2D eigenvalue weighted by atomic mass is 9.71. The van der Waals surface area contributed by atoms with Crippen LogP contribution in [0.2, 0.25) is 0 Å². The minimum Gasteiger partial charge on any atom is -0.385 e. The van der Waals surface area contributed by atoms with Crippen molar-refractivity contribution in [2.24, 2.45) is 5.92 Å². The first-order chi connectivity index (χ1) is 10.1. The van der Waals surface area contributed by atoms with Gasteiger partial charge in [0.15, 0.2) is 0 Å². The third-order valence-corrected chi connectivity index (χ3v) is 5.11. The van der Waals surface area contributed by atoms with Gasteiger partial charge in [-0.3, -0.25) is 0 Å². The van der Waals surface area contributed by atoms with Crippen LogP contribution in [0.5, 0.6) is 0 Å². The lowest BCUT2D eigenvalue weighted by Gasteiger charge is -2.44.